The van der Waals surface area contributed by atoms with E-state index >= 15 is 0 Å². The van der Waals surface area contributed by atoms with E-state index in [9.17, 15) is 4.39 Å². The Balaban J connectivity index is 1.69. The van der Waals surface area contributed by atoms with Crippen molar-refractivity contribution in [1.82, 2.24) is 15.2 Å². The summed E-state index contributed by atoms with van der Waals surface area (Å²) in [6, 6.07) is 8.91. The van der Waals surface area contributed by atoms with Crippen molar-refractivity contribution in [2.45, 2.75) is 38.5 Å². The van der Waals surface area contributed by atoms with E-state index in [2.05, 4.69) is 26.6 Å². The van der Waals surface area contributed by atoms with Crippen molar-refractivity contribution in [3.05, 3.63) is 65.4 Å². The van der Waals surface area contributed by atoms with Gasteiger partial charge in [0.2, 0.25) is 0 Å². The predicted octanol–water partition coefficient (Wildman–Crippen LogP) is 4.42. The van der Waals surface area contributed by atoms with Gasteiger partial charge in [-0.25, -0.2) is 4.39 Å². The van der Waals surface area contributed by atoms with Crippen molar-refractivity contribution in [1.29, 1.82) is 5.26 Å². The van der Waals surface area contributed by atoms with Gasteiger partial charge in [-0.1, -0.05) is 12.5 Å². The third-order valence-electron chi connectivity index (χ3n) is 5.01. The first-order chi connectivity index (χ1) is 13.0. The summed E-state index contributed by atoms with van der Waals surface area (Å²) in [4.78, 5) is 4.28. The highest BCUT2D eigenvalue weighted by Gasteiger charge is 2.41. The third-order valence-corrected chi connectivity index (χ3v) is 5.01. The van der Waals surface area contributed by atoms with Crippen LogP contribution in [-0.2, 0) is 5.41 Å². The number of nitrogens with one attached hydrogen (secondary N) is 1. The fourth-order valence-electron chi connectivity index (χ4n) is 3.15. The van der Waals surface area contributed by atoms with Gasteiger partial charge >= 0.3 is 0 Å². The molecule has 0 radical (unpaired) electrons. The quantitative estimate of drug-likeness (QED) is 0.607. The molecule has 138 valence electrons. The Kier molecular flexibility index (Phi) is 5.60. The normalized spacial score (nSPS) is 16.4. The smallest absolute Gasteiger partial charge is 0.148 e. The predicted molar refractivity (Wildman–Crippen MR) is 103 cm³/mol. The van der Waals surface area contributed by atoms with Crippen LogP contribution in [0.15, 0.2) is 48.2 Å². The Bertz CT molecular complexity index is 905. The number of hydrogen-bond acceptors (Lipinski definition) is 5. The topological polar surface area (TPSA) is 74.5 Å². The van der Waals surface area contributed by atoms with Gasteiger partial charge in [0.25, 0.3) is 0 Å². The van der Waals surface area contributed by atoms with Crippen molar-refractivity contribution < 1.29 is 4.39 Å². The molecular formula is C21H22FN5. The minimum absolute atomic E-state index is 0.248. The Labute approximate surface area is 158 Å². The zero-order chi connectivity index (χ0) is 19.3. The third kappa shape index (κ3) is 4.20. The number of pyridine rings is 1. The van der Waals surface area contributed by atoms with E-state index < -0.39 is 0 Å². The van der Waals surface area contributed by atoms with Crippen molar-refractivity contribution in [2.75, 3.05) is 11.9 Å². The molecule has 1 N–H and O–H groups in total. The van der Waals surface area contributed by atoms with Crippen molar-refractivity contribution >= 4 is 11.4 Å². The van der Waals surface area contributed by atoms with Crippen LogP contribution in [0, 0.1) is 17.1 Å². The van der Waals surface area contributed by atoms with Crippen LogP contribution in [-0.4, -0.2) is 21.7 Å². The maximum absolute atomic E-state index is 14.2. The first-order valence-electron chi connectivity index (χ1n) is 8.98. The minimum atomic E-state index is -0.277. The van der Waals surface area contributed by atoms with Crippen LogP contribution in [0.5, 0.6) is 0 Å². The lowest BCUT2D eigenvalue weighted by molar-refractivity contribution is 0.243. The fourth-order valence-corrected chi connectivity index (χ4v) is 3.15. The molecule has 0 aromatic carbocycles. The summed E-state index contributed by atoms with van der Waals surface area (Å²) in [7, 11) is 0. The number of aromatic nitrogens is 3. The molecule has 2 aromatic rings. The summed E-state index contributed by atoms with van der Waals surface area (Å²) >= 11 is 0. The number of allylic oxidation sites excluding steroid dienone is 4. The van der Waals surface area contributed by atoms with E-state index in [1.54, 1.807) is 25.3 Å². The van der Waals surface area contributed by atoms with Gasteiger partial charge in [-0.05, 0) is 62.6 Å². The zero-order valence-electron chi connectivity index (χ0n) is 15.5. The molecule has 3 rings (SSSR count). The van der Waals surface area contributed by atoms with Crippen LogP contribution in [0.25, 0.3) is 5.57 Å². The van der Waals surface area contributed by atoms with E-state index in [0.29, 0.717) is 23.6 Å². The van der Waals surface area contributed by atoms with Crippen LogP contribution < -0.4 is 5.32 Å². The maximum Gasteiger partial charge on any atom is 0.148 e. The Morgan fingerprint density at radius 2 is 2.07 bits per heavy atom. The molecule has 2 heterocycles. The highest BCUT2D eigenvalue weighted by atomic mass is 19.1. The van der Waals surface area contributed by atoms with Gasteiger partial charge in [0.15, 0.2) is 0 Å². The van der Waals surface area contributed by atoms with Crippen LogP contribution in [0.1, 0.15) is 44.5 Å². The Morgan fingerprint density at radius 3 is 2.67 bits per heavy atom. The molecule has 1 saturated carbocycles. The standard InChI is InChI=1S/C21H22FN5/c1-15(13-23)6-7-16(2)18-8-9-19(27-26-18)25-14-21(10-4-11-21)20-17(22)5-3-12-24-20/h3,5-9,12H,4,10-11,14H2,1-2H3,(H,25,27)/b15-6+,16-7+. The van der Waals surface area contributed by atoms with Gasteiger partial charge in [0.1, 0.15) is 11.6 Å². The second-order valence-corrected chi connectivity index (χ2v) is 6.94. The number of halogens is 1. The molecule has 0 spiro atoms. The van der Waals surface area contributed by atoms with Crippen molar-refractivity contribution in [3.8, 4) is 6.07 Å². The second kappa shape index (κ2) is 8.09. The monoisotopic (exact) mass is 363 g/mol. The van der Waals surface area contributed by atoms with E-state index in [4.69, 9.17) is 5.26 Å². The number of anilines is 1. The summed E-state index contributed by atoms with van der Waals surface area (Å²) in [6.07, 6.45) is 8.14. The van der Waals surface area contributed by atoms with E-state index in [-0.39, 0.29) is 11.2 Å². The molecule has 0 aliphatic heterocycles. The van der Waals surface area contributed by atoms with Gasteiger partial charge in [-0.3, -0.25) is 4.98 Å². The average molecular weight is 363 g/mol. The maximum atomic E-state index is 14.2. The summed E-state index contributed by atoms with van der Waals surface area (Å²) in [5, 5.41) is 20.5. The Morgan fingerprint density at radius 1 is 1.26 bits per heavy atom. The molecule has 2 aromatic heterocycles. The minimum Gasteiger partial charge on any atom is -0.368 e. The molecule has 0 bridgehead atoms. The van der Waals surface area contributed by atoms with Gasteiger partial charge in [0.05, 0.1) is 17.5 Å². The molecular weight excluding hydrogens is 341 g/mol. The Hall–Kier alpha value is -3.07. The number of nitrogens with zero attached hydrogens (tertiary/aromatic N) is 4. The van der Waals surface area contributed by atoms with E-state index in [0.717, 1.165) is 30.5 Å². The van der Waals surface area contributed by atoms with Gasteiger partial charge in [0, 0.05) is 23.7 Å². The zero-order valence-corrected chi connectivity index (χ0v) is 15.5. The van der Waals surface area contributed by atoms with Crippen LogP contribution in [0.3, 0.4) is 0 Å². The highest BCUT2D eigenvalue weighted by Crippen LogP contribution is 2.43. The number of hydrogen-bond donors (Lipinski definition) is 1. The SMILES string of the molecule is C/C(C#N)=C\C=C(/C)c1ccc(NCC2(c3ncccc3F)CCC2)nn1. The molecule has 0 saturated heterocycles. The molecule has 5 nitrogen and oxygen atoms in total. The van der Waals surface area contributed by atoms with Gasteiger partial charge in [-0.15, -0.1) is 10.2 Å². The molecule has 6 heteroatoms. The van der Waals surface area contributed by atoms with Crippen molar-refractivity contribution in [3.63, 3.8) is 0 Å². The van der Waals surface area contributed by atoms with Crippen LogP contribution in [0.2, 0.25) is 0 Å². The van der Waals surface area contributed by atoms with E-state index in [1.165, 1.54) is 6.07 Å². The largest absolute Gasteiger partial charge is 0.368 e. The average Bonchev–Trinajstić information content (AvgIpc) is 2.66. The lowest BCUT2D eigenvalue weighted by atomic mass is 9.66. The van der Waals surface area contributed by atoms with Gasteiger partial charge in [-0.2, -0.15) is 5.26 Å². The molecule has 1 aliphatic rings. The molecule has 27 heavy (non-hydrogen) atoms. The summed E-state index contributed by atoms with van der Waals surface area (Å²) in [5.41, 5.74) is 2.56. The molecule has 1 aliphatic carbocycles. The second-order valence-electron chi connectivity index (χ2n) is 6.94. The molecule has 0 unspecified atom stereocenters. The summed E-state index contributed by atoms with van der Waals surface area (Å²) in [5.74, 6) is 0.403. The lowest BCUT2D eigenvalue weighted by Crippen LogP contribution is -2.42. The molecule has 0 amide bonds. The fraction of sp³-hybridized carbons (Fsp3) is 0.333. The van der Waals surface area contributed by atoms with Gasteiger partial charge < -0.3 is 5.32 Å². The molecule has 1 fully saturated rings. The number of rotatable bonds is 6. The number of nitriles is 1. The first kappa shape index (κ1) is 18.7. The van der Waals surface area contributed by atoms with Crippen molar-refractivity contribution in [2.24, 2.45) is 0 Å². The van der Waals surface area contributed by atoms with E-state index in [1.807, 2.05) is 25.1 Å². The summed E-state index contributed by atoms with van der Waals surface area (Å²) in [6.45, 7) is 4.25. The first-order valence-corrected chi connectivity index (χ1v) is 8.98. The highest BCUT2D eigenvalue weighted by molar-refractivity contribution is 5.62. The summed E-state index contributed by atoms with van der Waals surface area (Å²) < 4.78 is 14.2. The lowest BCUT2D eigenvalue weighted by Gasteiger charge is -2.41. The van der Waals surface area contributed by atoms with Crippen LogP contribution in [0.4, 0.5) is 10.2 Å². The molecule has 0 atom stereocenters. The van der Waals surface area contributed by atoms with Crippen LogP contribution >= 0.6 is 0 Å².